The van der Waals surface area contributed by atoms with Gasteiger partial charge in [0.25, 0.3) is 0 Å². The van der Waals surface area contributed by atoms with E-state index in [0.29, 0.717) is 5.92 Å². The van der Waals surface area contributed by atoms with Gasteiger partial charge in [-0.3, -0.25) is 0 Å². The summed E-state index contributed by atoms with van der Waals surface area (Å²) >= 11 is 0. The highest BCUT2D eigenvalue weighted by Gasteiger charge is 2.27. The number of aromatic amines is 1. The Hall–Kier alpha value is -0.970. The van der Waals surface area contributed by atoms with Crippen LogP contribution in [0.4, 0.5) is 0 Å². The number of aromatic nitrogens is 4. The first-order valence-electron chi connectivity index (χ1n) is 5.79. The molecule has 0 amide bonds. The minimum absolute atomic E-state index is 0.425. The van der Waals surface area contributed by atoms with Gasteiger partial charge >= 0.3 is 0 Å². The number of rotatable bonds is 4. The number of H-pyrrole nitrogens is 1. The van der Waals surface area contributed by atoms with Crippen molar-refractivity contribution in [1.82, 2.24) is 25.9 Å². The second-order valence-corrected chi connectivity index (χ2v) is 4.33. The van der Waals surface area contributed by atoms with E-state index in [4.69, 9.17) is 0 Å². The van der Waals surface area contributed by atoms with Gasteiger partial charge in [-0.25, -0.2) is 0 Å². The molecule has 1 heterocycles. The summed E-state index contributed by atoms with van der Waals surface area (Å²) in [6, 6.07) is 0. The first-order chi connectivity index (χ1) is 7.42. The summed E-state index contributed by atoms with van der Waals surface area (Å²) in [5.74, 6) is 2.02. The Bertz CT molecular complexity index is 265. The lowest BCUT2D eigenvalue weighted by atomic mass is 9.79. The van der Waals surface area contributed by atoms with Gasteiger partial charge in [0.05, 0.1) is 0 Å². The van der Waals surface area contributed by atoms with Gasteiger partial charge in [0, 0.05) is 12.5 Å². The van der Waals surface area contributed by atoms with Gasteiger partial charge in [-0.2, -0.15) is 5.21 Å². The molecule has 0 aromatic carbocycles. The van der Waals surface area contributed by atoms with Gasteiger partial charge in [-0.15, -0.1) is 10.2 Å². The normalized spacial score (nSPS) is 20.3. The molecule has 1 aliphatic rings. The molecule has 2 rings (SSSR count). The second kappa shape index (κ2) is 5.21. The topological polar surface area (TPSA) is 66.5 Å². The molecule has 5 nitrogen and oxygen atoms in total. The smallest absolute Gasteiger partial charge is 0.179 e. The van der Waals surface area contributed by atoms with Gasteiger partial charge in [0.2, 0.25) is 0 Å². The number of tetrazole rings is 1. The number of likely N-dealkylation sites (N-methyl/N-ethyl adjacent to an activating group) is 1. The second-order valence-electron chi connectivity index (χ2n) is 4.33. The van der Waals surface area contributed by atoms with Crippen LogP contribution in [0.5, 0.6) is 0 Å². The SMILES string of the molecule is CNCC(c1nn[nH]n1)C1CCCCC1. The van der Waals surface area contributed by atoms with Gasteiger partial charge in [-0.05, 0) is 25.8 Å². The van der Waals surface area contributed by atoms with Crippen molar-refractivity contribution in [2.45, 2.75) is 38.0 Å². The van der Waals surface area contributed by atoms with Gasteiger partial charge in [0.15, 0.2) is 5.82 Å². The molecule has 0 spiro atoms. The van der Waals surface area contributed by atoms with E-state index < -0.39 is 0 Å². The van der Waals surface area contributed by atoms with Crippen LogP contribution in [0.2, 0.25) is 0 Å². The Morgan fingerprint density at radius 3 is 2.80 bits per heavy atom. The molecule has 0 radical (unpaired) electrons. The average Bonchev–Trinajstić information content (AvgIpc) is 2.80. The number of hydrogen-bond acceptors (Lipinski definition) is 4. The third-order valence-electron chi connectivity index (χ3n) is 3.34. The molecule has 2 N–H and O–H groups in total. The molecule has 0 bridgehead atoms. The Kier molecular flexibility index (Phi) is 3.66. The maximum Gasteiger partial charge on any atom is 0.179 e. The summed E-state index contributed by atoms with van der Waals surface area (Å²) < 4.78 is 0. The number of nitrogens with zero attached hydrogens (tertiary/aromatic N) is 3. The van der Waals surface area contributed by atoms with Crippen molar-refractivity contribution in [2.75, 3.05) is 13.6 Å². The highest BCUT2D eigenvalue weighted by atomic mass is 15.5. The maximum absolute atomic E-state index is 4.12. The van der Waals surface area contributed by atoms with Crippen LogP contribution in [0.15, 0.2) is 0 Å². The van der Waals surface area contributed by atoms with Crippen LogP contribution in [0.3, 0.4) is 0 Å². The molecule has 5 heteroatoms. The minimum atomic E-state index is 0.425. The van der Waals surface area contributed by atoms with Crippen LogP contribution in [-0.2, 0) is 0 Å². The zero-order valence-electron chi connectivity index (χ0n) is 9.24. The van der Waals surface area contributed by atoms with Crippen molar-refractivity contribution < 1.29 is 0 Å². The van der Waals surface area contributed by atoms with E-state index in [1.54, 1.807) is 0 Å². The summed E-state index contributed by atoms with van der Waals surface area (Å²) in [6.07, 6.45) is 6.70. The first kappa shape index (κ1) is 10.5. The summed E-state index contributed by atoms with van der Waals surface area (Å²) in [4.78, 5) is 0. The molecule has 1 aromatic heterocycles. The van der Waals surface area contributed by atoms with Crippen molar-refractivity contribution >= 4 is 0 Å². The fourth-order valence-electron chi connectivity index (χ4n) is 2.55. The molecule has 1 atom stereocenters. The molecular weight excluding hydrogens is 190 g/mol. The molecule has 1 aliphatic carbocycles. The third kappa shape index (κ3) is 2.53. The first-order valence-corrected chi connectivity index (χ1v) is 5.79. The number of hydrogen-bond donors (Lipinski definition) is 2. The lowest BCUT2D eigenvalue weighted by Crippen LogP contribution is -2.26. The van der Waals surface area contributed by atoms with Crippen LogP contribution in [-0.4, -0.2) is 34.2 Å². The van der Waals surface area contributed by atoms with Crippen molar-refractivity contribution in [3.05, 3.63) is 5.82 Å². The van der Waals surface area contributed by atoms with E-state index in [1.165, 1.54) is 32.1 Å². The van der Waals surface area contributed by atoms with Gasteiger partial charge in [0.1, 0.15) is 0 Å². The third-order valence-corrected chi connectivity index (χ3v) is 3.34. The molecule has 0 aliphatic heterocycles. The Morgan fingerprint density at radius 1 is 1.40 bits per heavy atom. The van der Waals surface area contributed by atoms with E-state index in [-0.39, 0.29) is 0 Å². The van der Waals surface area contributed by atoms with E-state index in [0.717, 1.165) is 18.3 Å². The van der Waals surface area contributed by atoms with Crippen molar-refractivity contribution in [2.24, 2.45) is 5.92 Å². The largest absolute Gasteiger partial charge is 0.319 e. The summed E-state index contributed by atoms with van der Waals surface area (Å²) in [6.45, 7) is 0.949. The predicted molar refractivity (Wildman–Crippen MR) is 57.4 cm³/mol. The summed E-state index contributed by atoms with van der Waals surface area (Å²) in [5.41, 5.74) is 0. The van der Waals surface area contributed by atoms with E-state index in [2.05, 4.69) is 25.9 Å². The lowest BCUT2D eigenvalue weighted by Gasteiger charge is -2.27. The van der Waals surface area contributed by atoms with Gasteiger partial charge < -0.3 is 5.32 Å². The van der Waals surface area contributed by atoms with Crippen LogP contribution in [0.25, 0.3) is 0 Å². The quantitative estimate of drug-likeness (QED) is 0.778. The molecule has 1 saturated carbocycles. The number of nitrogens with one attached hydrogen (secondary N) is 2. The zero-order valence-corrected chi connectivity index (χ0v) is 9.24. The summed E-state index contributed by atoms with van der Waals surface area (Å²) in [7, 11) is 1.98. The monoisotopic (exact) mass is 209 g/mol. The van der Waals surface area contributed by atoms with Crippen molar-refractivity contribution in [3.8, 4) is 0 Å². The lowest BCUT2D eigenvalue weighted by molar-refractivity contribution is 0.292. The maximum atomic E-state index is 4.12. The van der Waals surface area contributed by atoms with E-state index in [9.17, 15) is 0 Å². The fraction of sp³-hybridized carbons (Fsp3) is 0.900. The zero-order chi connectivity index (χ0) is 10.5. The van der Waals surface area contributed by atoms with Crippen LogP contribution >= 0.6 is 0 Å². The molecule has 1 aromatic rings. The van der Waals surface area contributed by atoms with Crippen LogP contribution in [0, 0.1) is 5.92 Å². The highest BCUT2D eigenvalue weighted by molar-refractivity contribution is 4.96. The molecule has 1 unspecified atom stereocenters. The van der Waals surface area contributed by atoms with Crippen molar-refractivity contribution in [1.29, 1.82) is 0 Å². The Balaban J connectivity index is 2.04. The molecular formula is C10H19N5. The Labute approximate surface area is 90.0 Å². The molecule has 15 heavy (non-hydrogen) atoms. The highest BCUT2D eigenvalue weighted by Crippen LogP contribution is 2.33. The molecule has 0 saturated heterocycles. The van der Waals surface area contributed by atoms with Crippen LogP contribution < -0.4 is 5.32 Å². The van der Waals surface area contributed by atoms with Crippen molar-refractivity contribution in [3.63, 3.8) is 0 Å². The van der Waals surface area contributed by atoms with E-state index >= 15 is 0 Å². The molecule has 84 valence electrons. The molecule has 1 fully saturated rings. The van der Waals surface area contributed by atoms with E-state index in [1.807, 2.05) is 7.05 Å². The van der Waals surface area contributed by atoms with Crippen LogP contribution in [0.1, 0.15) is 43.8 Å². The standard InChI is InChI=1S/C10H19N5/c1-11-7-9(10-12-14-15-13-10)8-5-3-2-4-6-8/h8-9,11H,2-7H2,1H3,(H,12,13,14,15). The summed E-state index contributed by atoms with van der Waals surface area (Å²) in [5, 5.41) is 17.7. The minimum Gasteiger partial charge on any atom is -0.319 e. The predicted octanol–water partition coefficient (Wildman–Crippen LogP) is 1.08. The average molecular weight is 209 g/mol. The Morgan fingerprint density at radius 2 is 2.20 bits per heavy atom. The van der Waals surface area contributed by atoms with Gasteiger partial charge in [-0.1, -0.05) is 24.5 Å². The fourth-order valence-corrected chi connectivity index (χ4v) is 2.55.